The van der Waals surface area contributed by atoms with Crippen LogP contribution >= 0.6 is 7.82 Å². The summed E-state index contributed by atoms with van der Waals surface area (Å²) in [6.07, 6.45) is -1.73. The van der Waals surface area contributed by atoms with Gasteiger partial charge in [0, 0.05) is 30.3 Å². The fourth-order valence-corrected chi connectivity index (χ4v) is 3.70. The van der Waals surface area contributed by atoms with Crippen LogP contribution in [0.2, 0.25) is 0 Å². The zero-order valence-corrected chi connectivity index (χ0v) is 17.0. The molecule has 0 bridgehead atoms. The van der Waals surface area contributed by atoms with Crippen molar-refractivity contribution in [3.63, 3.8) is 0 Å². The Kier molecular flexibility index (Phi) is 6.69. The Balaban J connectivity index is 1.65. The molecule has 1 aliphatic rings. The summed E-state index contributed by atoms with van der Waals surface area (Å²) in [5, 5.41) is 20.9. The normalized spacial score (nSPS) is 22.7. The summed E-state index contributed by atoms with van der Waals surface area (Å²) in [5.74, 6) is 4.95. The number of phosphoric ester groups is 1. The lowest BCUT2D eigenvalue weighted by molar-refractivity contribution is -0.384. The van der Waals surface area contributed by atoms with Crippen molar-refractivity contribution in [2.24, 2.45) is 5.90 Å². The van der Waals surface area contributed by atoms with Crippen molar-refractivity contribution in [3.8, 4) is 5.75 Å². The number of aromatic amines is 1. The first-order valence-electron chi connectivity index (χ1n) is 8.84. The molecule has 1 unspecified atom stereocenters. The number of aliphatic hydroxyl groups excluding tert-OH is 1. The van der Waals surface area contributed by atoms with E-state index in [2.05, 4.69) is 9.61 Å². The number of nitro benzene ring substituents is 1. The molecule has 4 atom stereocenters. The summed E-state index contributed by atoms with van der Waals surface area (Å²) in [5.41, 5.74) is -1.19. The van der Waals surface area contributed by atoms with E-state index in [-0.39, 0.29) is 23.4 Å². The number of aromatic nitrogens is 2. The highest BCUT2D eigenvalue weighted by molar-refractivity contribution is 7.48. The molecule has 2 heterocycles. The van der Waals surface area contributed by atoms with Crippen LogP contribution in [0.1, 0.15) is 18.2 Å². The van der Waals surface area contributed by atoms with Gasteiger partial charge in [-0.25, -0.2) is 15.3 Å². The maximum Gasteiger partial charge on any atom is 0.546 e. The van der Waals surface area contributed by atoms with Crippen LogP contribution in [-0.4, -0.2) is 38.4 Å². The van der Waals surface area contributed by atoms with Crippen molar-refractivity contribution in [2.75, 3.05) is 6.61 Å². The van der Waals surface area contributed by atoms with Crippen molar-refractivity contribution in [3.05, 3.63) is 67.0 Å². The molecule has 0 radical (unpaired) electrons. The van der Waals surface area contributed by atoms with Crippen LogP contribution in [-0.2, 0) is 18.5 Å². The van der Waals surface area contributed by atoms with Gasteiger partial charge in [0.25, 0.3) is 11.2 Å². The van der Waals surface area contributed by atoms with E-state index in [1.807, 2.05) is 0 Å². The number of benzene rings is 1. The molecule has 15 heteroatoms. The molecule has 3 rings (SSSR count). The summed E-state index contributed by atoms with van der Waals surface area (Å²) in [6, 6.07) is 4.59. The van der Waals surface area contributed by atoms with Gasteiger partial charge in [-0.05, 0) is 19.1 Å². The van der Waals surface area contributed by atoms with Crippen LogP contribution < -0.4 is 21.7 Å². The number of nitrogens with one attached hydrogen (secondary N) is 1. The number of ether oxygens (including phenoxy) is 1. The van der Waals surface area contributed by atoms with E-state index >= 15 is 0 Å². The minimum atomic E-state index is -4.35. The molecule has 0 aliphatic carbocycles. The first-order chi connectivity index (χ1) is 14.6. The monoisotopic (exact) mass is 458 g/mol. The molecule has 1 saturated heterocycles. The number of nitro groups is 1. The lowest BCUT2D eigenvalue weighted by Gasteiger charge is -2.20. The number of phosphoric acid groups is 1. The Morgan fingerprint density at radius 1 is 1.39 bits per heavy atom. The van der Waals surface area contributed by atoms with Crippen LogP contribution in [0.5, 0.6) is 5.75 Å². The van der Waals surface area contributed by atoms with Gasteiger partial charge in [0.2, 0.25) is 0 Å². The van der Waals surface area contributed by atoms with Gasteiger partial charge in [0.05, 0.1) is 17.6 Å². The molecular weight excluding hydrogens is 439 g/mol. The van der Waals surface area contributed by atoms with E-state index in [1.54, 1.807) is 0 Å². The predicted octanol–water partition coefficient (Wildman–Crippen LogP) is 0.496. The van der Waals surface area contributed by atoms with Crippen LogP contribution in [0.15, 0.2) is 40.1 Å². The van der Waals surface area contributed by atoms with Crippen LogP contribution in [0, 0.1) is 17.0 Å². The maximum absolute atomic E-state index is 12.6. The lowest BCUT2D eigenvalue weighted by Crippen LogP contribution is -2.33. The zero-order valence-electron chi connectivity index (χ0n) is 16.1. The predicted molar refractivity (Wildman–Crippen MR) is 103 cm³/mol. The Hall–Kier alpha value is -2.87. The van der Waals surface area contributed by atoms with E-state index in [0.717, 1.165) is 16.7 Å². The lowest BCUT2D eigenvalue weighted by atomic mass is 10.2. The Morgan fingerprint density at radius 2 is 2.06 bits per heavy atom. The van der Waals surface area contributed by atoms with Gasteiger partial charge in [0.15, 0.2) is 0 Å². The molecule has 1 aromatic heterocycles. The molecule has 1 aromatic carbocycles. The Bertz CT molecular complexity index is 1110. The molecule has 4 N–H and O–H groups in total. The van der Waals surface area contributed by atoms with E-state index in [9.17, 15) is 29.4 Å². The minimum absolute atomic E-state index is 0.00356. The molecular formula is C16H19N4O10P. The Labute approximate surface area is 173 Å². The first-order valence-corrected chi connectivity index (χ1v) is 10.3. The van der Waals surface area contributed by atoms with Crippen molar-refractivity contribution >= 4 is 13.5 Å². The van der Waals surface area contributed by atoms with Crippen molar-refractivity contribution in [2.45, 2.75) is 31.8 Å². The SMILES string of the molecule is Cc1cn([C@H]2C[C@H](O)[C@@H](COP(=O)(ON)Oc3ccc([N+](=O)[O-])cc3)O2)c(=O)[nH]c1=O. The highest BCUT2D eigenvalue weighted by atomic mass is 31.2. The second kappa shape index (κ2) is 9.09. The highest BCUT2D eigenvalue weighted by Crippen LogP contribution is 2.48. The van der Waals surface area contributed by atoms with Gasteiger partial charge in [0.1, 0.15) is 18.1 Å². The minimum Gasteiger partial charge on any atom is -0.403 e. The third-order valence-corrected chi connectivity index (χ3v) is 5.61. The number of non-ortho nitro benzene ring substituents is 1. The second-order valence-electron chi connectivity index (χ2n) is 6.60. The summed E-state index contributed by atoms with van der Waals surface area (Å²) >= 11 is 0. The number of hydrogen-bond acceptors (Lipinski definition) is 11. The third-order valence-electron chi connectivity index (χ3n) is 4.45. The molecule has 31 heavy (non-hydrogen) atoms. The maximum atomic E-state index is 12.6. The topological polar surface area (TPSA) is 198 Å². The van der Waals surface area contributed by atoms with Crippen molar-refractivity contribution in [1.82, 2.24) is 9.55 Å². The highest BCUT2D eigenvalue weighted by Gasteiger charge is 2.39. The largest absolute Gasteiger partial charge is 0.546 e. The van der Waals surface area contributed by atoms with Crippen LogP contribution in [0.25, 0.3) is 0 Å². The van der Waals surface area contributed by atoms with Gasteiger partial charge in [-0.3, -0.25) is 29.0 Å². The number of aryl methyl sites for hydroxylation is 1. The Morgan fingerprint density at radius 3 is 2.68 bits per heavy atom. The van der Waals surface area contributed by atoms with Gasteiger partial charge < -0.3 is 14.4 Å². The number of H-pyrrole nitrogens is 1. The quantitative estimate of drug-likeness (QED) is 0.283. The number of aliphatic hydroxyl groups is 1. The number of hydrogen-bond donors (Lipinski definition) is 3. The van der Waals surface area contributed by atoms with E-state index in [0.29, 0.717) is 0 Å². The molecule has 1 aliphatic heterocycles. The van der Waals surface area contributed by atoms with Gasteiger partial charge >= 0.3 is 13.5 Å². The average molecular weight is 458 g/mol. The summed E-state index contributed by atoms with van der Waals surface area (Å²) < 4.78 is 33.8. The first kappa shape index (κ1) is 22.8. The second-order valence-corrected chi connectivity index (χ2v) is 8.15. The van der Waals surface area contributed by atoms with E-state index in [1.165, 1.54) is 25.3 Å². The molecule has 0 saturated carbocycles. The molecule has 1 fully saturated rings. The van der Waals surface area contributed by atoms with Crippen molar-refractivity contribution < 1.29 is 33.0 Å². The van der Waals surface area contributed by atoms with Crippen molar-refractivity contribution in [1.29, 1.82) is 0 Å². The van der Waals surface area contributed by atoms with Crippen LogP contribution in [0.3, 0.4) is 0 Å². The third kappa shape index (κ3) is 5.25. The van der Waals surface area contributed by atoms with Crippen LogP contribution in [0.4, 0.5) is 5.69 Å². The van der Waals surface area contributed by atoms with Gasteiger partial charge in [-0.15, -0.1) is 0 Å². The number of nitrogens with two attached hydrogens (primary N) is 1. The van der Waals surface area contributed by atoms with Gasteiger partial charge in [-0.1, -0.05) is 0 Å². The van der Waals surface area contributed by atoms with Gasteiger partial charge in [-0.2, -0.15) is 4.62 Å². The summed E-state index contributed by atoms with van der Waals surface area (Å²) in [7, 11) is -4.35. The fourth-order valence-electron chi connectivity index (χ4n) is 2.84. The smallest absolute Gasteiger partial charge is 0.403 e. The average Bonchev–Trinajstić information content (AvgIpc) is 3.10. The summed E-state index contributed by atoms with van der Waals surface area (Å²) in [6.45, 7) is 1.03. The van der Waals surface area contributed by atoms with E-state index in [4.69, 9.17) is 19.7 Å². The molecule has 168 valence electrons. The zero-order chi connectivity index (χ0) is 22.8. The standard InChI is InChI=1S/C16H19N4O10P/c1-9-7-19(16(23)18-15(9)22)14-6-12(21)13(28-14)8-27-31(26,30-17)29-11-4-2-10(3-5-11)20(24)25/h2-5,7,12-14,21H,6,8,17H2,1H3,(H,18,22,23)/t12-,13+,14+,31?/m0/s1. The summed E-state index contributed by atoms with van der Waals surface area (Å²) in [4.78, 5) is 35.7. The molecule has 0 amide bonds. The number of nitrogens with zero attached hydrogens (tertiary/aromatic N) is 2. The molecule has 0 spiro atoms. The molecule has 14 nitrogen and oxygen atoms in total. The molecule has 2 aromatic rings. The number of rotatable bonds is 8. The van der Waals surface area contributed by atoms with E-state index < -0.39 is 49.0 Å². The fraction of sp³-hybridized carbons (Fsp3) is 0.375.